The highest BCUT2D eigenvalue weighted by Crippen LogP contribution is 2.27. The molecule has 0 atom stereocenters. The van der Waals surface area contributed by atoms with Crippen LogP contribution in [0.1, 0.15) is 23.1 Å². The van der Waals surface area contributed by atoms with Gasteiger partial charge >= 0.3 is 0 Å². The van der Waals surface area contributed by atoms with Crippen molar-refractivity contribution in [3.05, 3.63) is 110 Å². The summed E-state index contributed by atoms with van der Waals surface area (Å²) in [6.45, 7) is -0.201. The number of aromatic hydroxyl groups is 1. The molecule has 0 saturated carbocycles. The fraction of sp³-hybridized carbons (Fsp3) is 0.0769. The van der Waals surface area contributed by atoms with Gasteiger partial charge in [0.15, 0.2) is 11.6 Å². The fourth-order valence-corrected chi connectivity index (χ4v) is 3.21. The first-order valence-corrected chi connectivity index (χ1v) is 10.7. The summed E-state index contributed by atoms with van der Waals surface area (Å²) in [5, 5.41) is 20.8. The van der Waals surface area contributed by atoms with E-state index in [1.165, 1.54) is 66.8 Å². The lowest BCUT2D eigenvalue weighted by Crippen LogP contribution is -2.02. The third kappa shape index (κ3) is 7.35. The van der Waals surface area contributed by atoms with Gasteiger partial charge in [0, 0.05) is 11.6 Å². The quantitative estimate of drug-likeness (QED) is 0.162. The molecule has 0 amide bonds. The molecule has 0 aliphatic rings. The van der Waals surface area contributed by atoms with Crippen molar-refractivity contribution in [1.82, 2.24) is 0 Å². The van der Waals surface area contributed by atoms with E-state index in [0.29, 0.717) is 5.56 Å². The number of allylic oxidation sites excluding steroid dienone is 2. The van der Waals surface area contributed by atoms with E-state index in [-0.39, 0.29) is 39.9 Å². The Bertz CT molecular complexity index is 1300. The minimum Gasteiger partial charge on any atom is -0.508 e. The predicted octanol–water partition coefficient (Wildman–Crippen LogP) is 5.93. The maximum Gasteiger partial charge on any atom is 0.276 e. The molecule has 0 aliphatic heterocycles. The van der Waals surface area contributed by atoms with Gasteiger partial charge in [0.05, 0.1) is 21.9 Å². The van der Waals surface area contributed by atoms with Gasteiger partial charge < -0.3 is 9.84 Å². The molecular weight excluding hydrogens is 477 g/mol. The summed E-state index contributed by atoms with van der Waals surface area (Å²) in [5.41, 5.74) is 0.610. The van der Waals surface area contributed by atoms with Crippen LogP contribution in [0.3, 0.4) is 0 Å². The number of carbonyl (C=O) groups is 2. The maximum absolute atomic E-state index is 13.9. The Morgan fingerprint density at radius 1 is 1.03 bits per heavy atom. The van der Waals surface area contributed by atoms with Gasteiger partial charge in [-0.25, -0.2) is 4.39 Å². The van der Waals surface area contributed by atoms with E-state index in [0.717, 1.165) is 6.08 Å². The van der Waals surface area contributed by atoms with Crippen molar-refractivity contribution in [1.29, 1.82) is 0 Å². The number of ketones is 2. The summed E-state index contributed by atoms with van der Waals surface area (Å²) in [4.78, 5) is 35.0. The summed E-state index contributed by atoms with van der Waals surface area (Å²) >= 11 is 5.98. The normalized spacial score (nSPS) is 11.1. The summed E-state index contributed by atoms with van der Waals surface area (Å²) in [6.07, 6.45) is 4.61. The molecule has 9 heteroatoms. The zero-order valence-corrected chi connectivity index (χ0v) is 18.9. The van der Waals surface area contributed by atoms with Crippen molar-refractivity contribution in [2.75, 3.05) is 0 Å². The fourth-order valence-electron chi connectivity index (χ4n) is 2.99. The molecule has 0 fully saturated rings. The predicted molar refractivity (Wildman–Crippen MR) is 130 cm³/mol. The number of phenolic OH excluding ortho intramolecular Hbond substituents is 1. The van der Waals surface area contributed by atoms with Crippen molar-refractivity contribution in [2.45, 2.75) is 13.0 Å². The lowest BCUT2D eigenvalue weighted by atomic mass is 10.1. The number of nitrogens with zero attached hydrogens (tertiary/aromatic N) is 1. The largest absolute Gasteiger partial charge is 0.508 e. The third-order valence-corrected chi connectivity index (χ3v) is 5.15. The molecule has 0 spiro atoms. The van der Waals surface area contributed by atoms with E-state index in [1.54, 1.807) is 12.1 Å². The number of hydrogen-bond acceptors (Lipinski definition) is 6. The minimum absolute atomic E-state index is 0.0764. The maximum atomic E-state index is 13.9. The number of benzene rings is 3. The Balaban J connectivity index is 1.68. The van der Waals surface area contributed by atoms with Crippen molar-refractivity contribution in [3.63, 3.8) is 0 Å². The number of halogens is 2. The molecule has 0 unspecified atom stereocenters. The van der Waals surface area contributed by atoms with E-state index in [1.807, 2.05) is 0 Å². The molecule has 0 radical (unpaired) electrons. The summed E-state index contributed by atoms with van der Waals surface area (Å²) in [7, 11) is 0. The van der Waals surface area contributed by atoms with Crippen molar-refractivity contribution >= 4 is 41.0 Å². The van der Waals surface area contributed by atoms with Gasteiger partial charge in [-0.2, -0.15) is 0 Å². The zero-order valence-electron chi connectivity index (χ0n) is 18.2. The second-order valence-corrected chi connectivity index (χ2v) is 7.74. The van der Waals surface area contributed by atoms with Gasteiger partial charge in [-0.3, -0.25) is 19.7 Å². The van der Waals surface area contributed by atoms with Crippen molar-refractivity contribution in [3.8, 4) is 11.5 Å². The highest BCUT2D eigenvalue weighted by Gasteiger charge is 2.14. The number of nitro benzene ring substituents is 1. The average molecular weight is 496 g/mol. The molecular formula is C26H19ClFNO6. The average Bonchev–Trinajstić information content (AvgIpc) is 2.82. The van der Waals surface area contributed by atoms with Crippen LogP contribution in [0.2, 0.25) is 5.02 Å². The lowest BCUT2D eigenvalue weighted by molar-refractivity contribution is -0.385. The topological polar surface area (TPSA) is 107 Å². The third-order valence-electron chi connectivity index (χ3n) is 4.79. The smallest absolute Gasteiger partial charge is 0.276 e. The standard InChI is InChI=1S/C26H19ClFNO6/c27-24-2-1-3-25(28)23(24)16-35-22-12-13-26(29(33)34)18(14-22)7-11-21(32)15-20(31)10-6-17-4-8-19(30)9-5-17/h1-14,30H,15-16H2/b10-6+,11-7+. The molecule has 0 saturated heterocycles. The van der Waals surface area contributed by atoms with Crippen LogP contribution in [-0.2, 0) is 16.2 Å². The van der Waals surface area contributed by atoms with E-state index < -0.39 is 28.7 Å². The first-order valence-electron chi connectivity index (χ1n) is 10.3. The number of phenols is 1. The first-order chi connectivity index (χ1) is 16.7. The van der Waals surface area contributed by atoms with Gasteiger partial charge in [-0.15, -0.1) is 0 Å². The van der Waals surface area contributed by atoms with Crippen LogP contribution < -0.4 is 4.74 Å². The molecule has 3 aromatic rings. The molecule has 0 bridgehead atoms. The van der Waals surface area contributed by atoms with Gasteiger partial charge in [0.1, 0.15) is 23.9 Å². The van der Waals surface area contributed by atoms with Gasteiger partial charge in [-0.05, 0) is 60.2 Å². The second kappa shape index (κ2) is 11.7. The van der Waals surface area contributed by atoms with Crippen LogP contribution >= 0.6 is 11.6 Å². The molecule has 7 nitrogen and oxygen atoms in total. The van der Waals surface area contributed by atoms with Crippen LogP contribution in [0.15, 0.2) is 72.8 Å². The Morgan fingerprint density at radius 3 is 2.37 bits per heavy atom. The zero-order chi connectivity index (χ0) is 25.4. The van der Waals surface area contributed by atoms with Crippen molar-refractivity contribution in [2.24, 2.45) is 0 Å². The van der Waals surface area contributed by atoms with E-state index >= 15 is 0 Å². The Hall–Kier alpha value is -4.30. The molecule has 0 heterocycles. The van der Waals surface area contributed by atoms with Gasteiger partial charge in [-0.1, -0.05) is 35.9 Å². The van der Waals surface area contributed by atoms with Crippen LogP contribution in [-0.4, -0.2) is 21.6 Å². The molecule has 0 aromatic heterocycles. The van der Waals surface area contributed by atoms with Crippen molar-refractivity contribution < 1.29 is 28.7 Å². The number of carbonyl (C=O) groups excluding carboxylic acids is 2. The Morgan fingerprint density at radius 2 is 1.71 bits per heavy atom. The number of nitro groups is 1. The number of ether oxygens (including phenoxy) is 1. The highest BCUT2D eigenvalue weighted by atomic mass is 35.5. The monoisotopic (exact) mass is 495 g/mol. The van der Waals surface area contributed by atoms with E-state index in [2.05, 4.69) is 0 Å². The van der Waals surface area contributed by atoms with Crippen LogP contribution in [0, 0.1) is 15.9 Å². The van der Waals surface area contributed by atoms with Gasteiger partial charge in [0.25, 0.3) is 5.69 Å². The summed E-state index contributed by atoms with van der Waals surface area (Å²) in [6, 6.07) is 14.2. The Labute approximate surface area is 204 Å². The van der Waals surface area contributed by atoms with Crippen LogP contribution in [0.25, 0.3) is 12.2 Å². The number of rotatable bonds is 10. The first kappa shape index (κ1) is 25.3. The summed E-state index contributed by atoms with van der Waals surface area (Å²) in [5.74, 6) is -1.26. The van der Waals surface area contributed by atoms with E-state index in [4.69, 9.17) is 16.3 Å². The van der Waals surface area contributed by atoms with Crippen LogP contribution in [0.5, 0.6) is 11.5 Å². The van der Waals surface area contributed by atoms with E-state index in [9.17, 15) is 29.2 Å². The Kier molecular flexibility index (Phi) is 8.48. The number of hydrogen-bond donors (Lipinski definition) is 1. The second-order valence-electron chi connectivity index (χ2n) is 7.33. The molecule has 35 heavy (non-hydrogen) atoms. The lowest BCUT2D eigenvalue weighted by Gasteiger charge is -2.09. The van der Waals surface area contributed by atoms with Crippen LogP contribution in [0.4, 0.5) is 10.1 Å². The molecule has 0 aliphatic carbocycles. The molecule has 3 aromatic carbocycles. The summed E-state index contributed by atoms with van der Waals surface area (Å²) < 4.78 is 19.5. The molecule has 1 N–H and O–H groups in total. The van der Waals surface area contributed by atoms with Gasteiger partial charge in [0.2, 0.25) is 0 Å². The SMILES string of the molecule is O=C(/C=C/c1ccc(O)cc1)CC(=O)/C=C/c1cc(OCc2c(F)cccc2Cl)ccc1[N+](=O)[O-]. The molecule has 3 rings (SSSR count). The minimum atomic E-state index is -0.618. The molecule has 178 valence electrons. The highest BCUT2D eigenvalue weighted by molar-refractivity contribution is 6.31.